The van der Waals surface area contributed by atoms with Gasteiger partial charge in [-0.2, -0.15) is 0 Å². The summed E-state index contributed by atoms with van der Waals surface area (Å²) in [5, 5.41) is 5.41. The lowest BCUT2D eigenvalue weighted by Crippen LogP contribution is -2.28. The highest BCUT2D eigenvalue weighted by Crippen LogP contribution is 2.35. The van der Waals surface area contributed by atoms with E-state index in [1.807, 2.05) is 23.6 Å². The summed E-state index contributed by atoms with van der Waals surface area (Å²) in [4.78, 5) is 30.9. The van der Waals surface area contributed by atoms with Crippen molar-refractivity contribution in [3.8, 4) is 11.3 Å². The molecule has 0 atom stereocenters. The SMILES string of the molecule is O=C(Nc1nc(-c2ccc3c(c2)CCN3C(=O)c2cccc(F)c2)cs1)C1CC1. The number of rotatable bonds is 4. The summed E-state index contributed by atoms with van der Waals surface area (Å²) in [7, 11) is 0. The summed E-state index contributed by atoms with van der Waals surface area (Å²) < 4.78 is 13.5. The van der Waals surface area contributed by atoms with Crippen molar-refractivity contribution >= 4 is 34.0 Å². The lowest BCUT2D eigenvalue weighted by molar-refractivity contribution is -0.117. The third-order valence-corrected chi connectivity index (χ3v) is 6.03. The van der Waals surface area contributed by atoms with Crippen molar-refractivity contribution in [3.05, 3.63) is 64.8 Å². The Morgan fingerprint density at radius 2 is 2.03 bits per heavy atom. The van der Waals surface area contributed by atoms with Crippen molar-refractivity contribution in [1.29, 1.82) is 0 Å². The van der Waals surface area contributed by atoms with E-state index in [2.05, 4.69) is 10.3 Å². The first-order chi connectivity index (χ1) is 14.1. The molecule has 3 aromatic rings. The molecule has 5 rings (SSSR count). The van der Waals surface area contributed by atoms with Gasteiger partial charge >= 0.3 is 0 Å². The van der Waals surface area contributed by atoms with Crippen LogP contribution in [0.1, 0.15) is 28.8 Å². The Morgan fingerprint density at radius 1 is 1.17 bits per heavy atom. The van der Waals surface area contributed by atoms with E-state index in [1.165, 1.54) is 23.5 Å². The molecule has 1 aliphatic heterocycles. The van der Waals surface area contributed by atoms with Crippen molar-refractivity contribution in [2.24, 2.45) is 5.92 Å². The van der Waals surface area contributed by atoms with Crippen molar-refractivity contribution in [2.75, 3.05) is 16.8 Å². The van der Waals surface area contributed by atoms with Crippen LogP contribution >= 0.6 is 11.3 Å². The zero-order chi connectivity index (χ0) is 20.0. The molecule has 0 radical (unpaired) electrons. The van der Waals surface area contributed by atoms with E-state index in [4.69, 9.17) is 0 Å². The molecule has 5 nitrogen and oxygen atoms in total. The number of nitrogens with zero attached hydrogens (tertiary/aromatic N) is 2. The smallest absolute Gasteiger partial charge is 0.258 e. The minimum Gasteiger partial charge on any atom is -0.308 e. The third-order valence-electron chi connectivity index (χ3n) is 5.27. The second kappa shape index (κ2) is 7.08. The Bertz CT molecular complexity index is 1120. The lowest BCUT2D eigenvalue weighted by atomic mass is 10.1. The van der Waals surface area contributed by atoms with E-state index in [9.17, 15) is 14.0 Å². The second-order valence-electron chi connectivity index (χ2n) is 7.36. The summed E-state index contributed by atoms with van der Waals surface area (Å²) in [5.74, 6) is -0.427. The van der Waals surface area contributed by atoms with Crippen LogP contribution in [0.2, 0.25) is 0 Å². The molecule has 0 spiro atoms. The Hall–Kier alpha value is -3.06. The summed E-state index contributed by atoms with van der Waals surface area (Å²) >= 11 is 1.41. The molecule has 1 fully saturated rings. The molecule has 0 bridgehead atoms. The zero-order valence-corrected chi connectivity index (χ0v) is 16.3. The van der Waals surface area contributed by atoms with Gasteiger partial charge in [0.1, 0.15) is 5.82 Å². The molecule has 1 aliphatic carbocycles. The van der Waals surface area contributed by atoms with Crippen LogP contribution in [0, 0.1) is 11.7 Å². The van der Waals surface area contributed by atoms with Crippen LogP contribution in [0.4, 0.5) is 15.2 Å². The van der Waals surface area contributed by atoms with Gasteiger partial charge in [-0.05, 0) is 55.2 Å². The number of hydrogen-bond donors (Lipinski definition) is 1. The number of carbonyl (C=O) groups excluding carboxylic acids is 2. The number of nitrogens with one attached hydrogen (secondary N) is 1. The third kappa shape index (κ3) is 3.53. The number of benzene rings is 2. The van der Waals surface area contributed by atoms with Crippen LogP contribution in [-0.2, 0) is 11.2 Å². The van der Waals surface area contributed by atoms with Gasteiger partial charge in [0, 0.05) is 34.7 Å². The lowest BCUT2D eigenvalue weighted by Gasteiger charge is -2.17. The molecule has 7 heteroatoms. The maximum absolute atomic E-state index is 13.5. The van der Waals surface area contributed by atoms with Crippen LogP contribution in [-0.4, -0.2) is 23.3 Å². The first kappa shape index (κ1) is 18.0. The van der Waals surface area contributed by atoms with Gasteiger partial charge in [0.05, 0.1) is 5.69 Å². The van der Waals surface area contributed by atoms with Crippen molar-refractivity contribution in [2.45, 2.75) is 19.3 Å². The number of fused-ring (bicyclic) bond motifs is 1. The van der Waals surface area contributed by atoms with Crippen LogP contribution in [0.25, 0.3) is 11.3 Å². The van der Waals surface area contributed by atoms with Crippen LogP contribution < -0.4 is 10.2 Å². The Morgan fingerprint density at radius 3 is 2.83 bits per heavy atom. The molecule has 29 heavy (non-hydrogen) atoms. The average Bonchev–Trinajstić information content (AvgIpc) is 3.34. The molecule has 1 N–H and O–H groups in total. The van der Waals surface area contributed by atoms with Crippen LogP contribution in [0.3, 0.4) is 0 Å². The van der Waals surface area contributed by atoms with Gasteiger partial charge in [0.25, 0.3) is 5.91 Å². The number of aromatic nitrogens is 1. The standard InChI is InChI=1S/C22H18FN3O2S/c23-17-3-1-2-16(11-17)21(28)26-9-8-15-10-14(6-7-19(15)26)18-12-29-22(24-18)25-20(27)13-4-5-13/h1-3,6-7,10-13H,4-5,8-9H2,(H,24,25,27). The van der Waals surface area contributed by atoms with Gasteiger partial charge in [-0.25, -0.2) is 9.37 Å². The molecule has 2 heterocycles. The fourth-order valence-electron chi connectivity index (χ4n) is 3.57. The minimum atomic E-state index is -0.418. The molecule has 1 saturated carbocycles. The predicted molar refractivity (Wildman–Crippen MR) is 111 cm³/mol. The van der Waals surface area contributed by atoms with Gasteiger partial charge in [-0.1, -0.05) is 12.1 Å². The number of anilines is 2. The number of amides is 2. The fraction of sp³-hybridized carbons (Fsp3) is 0.227. The maximum atomic E-state index is 13.5. The number of carbonyl (C=O) groups is 2. The van der Waals surface area contributed by atoms with Crippen molar-refractivity contribution in [3.63, 3.8) is 0 Å². The van der Waals surface area contributed by atoms with E-state index in [-0.39, 0.29) is 17.7 Å². The molecule has 146 valence electrons. The normalized spacial score (nSPS) is 15.3. The molecule has 0 unspecified atom stereocenters. The van der Waals surface area contributed by atoms with E-state index < -0.39 is 5.82 Å². The van der Waals surface area contributed by atoms with E-state index in [0.717, 1.165) is 41.8 Å². The zero-order valence-electron chi connectivity index (χ0n) is 15.5. The van der Waals surface area contributed by atoms with E-state index >= 15 is 0 Å². The molecular formula is C22H18FN3O2S. The maximum Gasteiger partial charge on any atom is 0.258 e. The highest BCUT2D eigenvalue weighted by Gasteiger charge is 2.30. The summed E-state index contributed by atoms with van der Waals surface area (Å²) in [5.41, 5.74) is 4.01. The number of halogens is 1. The van der Waals surface area contributed by atoms with Gasteiger partial charge in [0.15, 0.2) is 5.13 Å². The minimum absolute atomic E-state index is 0.0476. The summed E-state index contributed by atoms with van der Waals surface area (Å²) in [6.45, 7) is 0.563. The molecule has 1 aromatic heterocycles. The van der Waals surface area contributed by atoms with Gasteiger partial charge in [0.2, 0.25) is 5.91 Å². The van der Waals surface area contributed by atoms with Crippen LogP contribution in [0.5, 0.6) is 0 Å². The van der Waals surface area contributed by atoms with Crippen molar-refractivity contribution in [1.82, 2.24) is 4.98 Å². The first-order valence-electron chi connectivity index (χ1n) is 9.55. The number of hydrogen-bond acceptors (Lipinski definition) is 4. The predicted octanol–water partition coefficient (Wildman–Crippen LogP) is 4.50. The Kier molecular flexibility index (Phi) is 4.39. The highest BCUT2D eigenvalue weighted by atomic mass is 32.1. The summed E-state index contributed by atoms with van der Waals surface area (Å²) in [6.07, 6.45) is 2.65. The monoisotopic (exact) mass is 407 g/mol. The van der Waals surface area contributed by atoms with Crippen LogP contribution in [0.15, 0.2) is 47.8 Å². The van der Waals surface area contributed by atoms with Gasteiger partial charge in [-0.15, -0.1) is 11.3 Å². The number of thiazole rings is 1. The van der Waals surface area contributed by atoms with E-state index in [1.54, 1.807) is 17.0 Å². The Balaban J connectivity index is 1.36. The highest BCUT2D eigenvalue weighted by molar-refractivity contribution is 7.14. The molecule has 0 saturated heterocycles. The topological polar surface area (TPSA) is 62.3 Å². The van der Waals surface area contributed by atoms with E-state index in [0.29, 0.717) is 17.2 Å². The van der Waals surface area contributed by atoms with Gasteiger partial charge < -0.3 is 10.2 Å². The first-order valence-corrected chi connectivity index (χ1v) is 10.4. The van der Waals surface area contributed by atoms with Gasteiger partial charge in [-0.3, -0.25) is 9.59 Å². The largest absolute Gasteiger partial charge is 0.308 e. The Labute approximate surface area is 171 Å². The second-order valence-corrected chi connectivity index (χ2v) is 8.22. The molecule has 2 amide bonds. The quantitative estimate of drug-likeness (QED) is 0.693. The summed E-state index contributed by atoms with van der Waals surface area (Å²) in [6, 6.07) is 11.6. The molecule has 2 aliphatic rings. The van der Waals surface area contributed by atoms with Crippen molar-refractivity contribution < 1.29 is 14.0 Å². The molecule has 2 aromatic carbocycles. The fourth-order valence-corrected chi connectivity index (χ4v) is 4.29. The average molecular weight is 407 g/mol. The molecular weight excluding hydrogens is 389 g/mol.